The minimum Gasteiger partial charge on any atom is -0.288 e. The first kappa shape index (κ1) is 4.15. The van der Waals surface area contributed by atoms with Crippen molar-refractivity contribution in [2.24, 2.45) is 0 Å². The maximum atomic E-state index is 3.03. The Morgan fingerprint density at radius 2 is 2.38 bits per heavy atom. The molecule has 40 valence electrons. The molecule has 0 unspecified atom stereocenters. The van der Waals surface area contributed by atoms with E-state index in [1.807, 2.05) is 28.5 Å². The lowest BCUT2D eigenvalue weighted by atomic mass is 10.5. The zero-order chi connectivity index (χ0) is 5.40. The summed E-state index contributed by atoms with van der Waals surface area (Å²) in [4.78, 5) is 0. The van der Waals surface area contributed by atoms with Crippen LogP contribution in [0.4, 0.5) is 0 Å². The van der Waals surface area contributed by atoms with Gasteiger partial charge in [-0.05, 0) is 6.08 Å². The molecule has 8 heavy (non-hydrogen) atoms. The molecule has 0 amide bonds. The summed E-state index contributed by atoms with van der Waals surface area (Å²) in [6.45, 7) is 4.00. The summed E-state index contributed by atoms with van der Waals surface area (Å²) in [6, 6.07) is 0. The molecule has 2 aliphatic heterocycles. The highest BCUT2D eigenvalue weighted by Crippen LogP contribution is 2.15. The second kappa shape index (κ2) is 1.36. The summed E-state index contributed by atoms with van der Waals surface area (Å²) in [5, 5.41) is 4.00. The molecule has 2 radical (unpaired) electrons. The minimum atomic E-state index is 0.965. The van der Waals surface area contributed by atoms with Gasteiger partial charge < -0.3 is 0 Å². The van der Waals surface area contributed by atoms with Gasteiger partial charge in [-0.25, -0.2) is 0 Å². The van der Waals surface area contributed by atoms with Crippen LogP contribution in [0.25, 0.3) is 0 Å². The van der Waals surface area contributed by atoms with E-state index in [0.29, 0.717) is 0 Å². The van der Waals surface area contributed by atoms with Crippen molar-refractivity contribution >= 4 is 0 Å². The second-order valence-corrected chi connectivity index (χ2v) is 1.79. The van der Waals surface area contributed by atoms with Crippen molar-refractivity contribution in [1.82, 2.24) is 10.0 Å². The second-order valence-electron chi connectivity index (χ2n) is 1.79. The van der Waals surface area contributed by atoms with E-state index in [4.69, 9.17) is 0 Å². The summed E-state index contributed by atoms with van der Waals surface area (Å²) >= 11 is 0. The average Bonchev–Trinajstić information content (AvgIpc) is 2.15. The predicted molar refractivity (Wildman–Crippen MR) is 30.1 cm³/mol. The third-order valence-electron chi connectivity index (χ3n) is 1.27. The Bertz CT molecular complexity index is 133. The third-order valence-corrected chi connectivity index (χ3v) is 1.27. The fraction of sp³-hybridized carbons (Fsp3) is 0.167. The number of nitrogens with zero attached hydrogens (tertiary/aromatic N) is 2. The van der Waals surface area contributed by atoms with E-state index in [2.05, 4.69) is 12.6 Å². The lowest BCUT2D eigenvalue weighted by Gasteiger charge is -2.16. The smallest absolute Gasteiger partial charge is 0.113 e. The average molecular weight is 106 g/mol. The van der Waals surface area contributed by atoms with E-state index < -0.39 is 0 Å². The van der Waals surface area contributed by atoms with E-state index >= 15 is 0 Å². The quantitative estimate of drug-likeness (QED) is 0.446. The topological polar surface area (TPSA) is 6.48 Å². The van der Waals surface area contributed by atoms with Crippen LogP contribution in [0, 0.1) is 6.54 Å². The standard InChI is InChI=1S/C6H6N2/c1-3-7-5-2-6-8(7)4-1/h1-3,5H,4H2. The molecule has 2 rings (SSSR count). The molecule has 0 fully saturated rings. The van der Waals surface area contributed by atoms with Gasteiger partial charge in [0.1, 0.15) is 6.54 Å². The number of hydrazine groups is 1. The van der Waals surface area contributed by atoms with Crippen molar-refractivity contribution in [2.45, 2.75) is 0 Å². The van der Waals surface area contributed by atoms with Crippen LogP contribution in [0.5, 0.6) is 0 Å². The normalized spacial score (nSPS) is 25.2. The fourth-order valence-electron chi connectivity index (χ4n) is 0.875. The van der Waals surface area contributed by atoms with Crippen LogP contribution in [-0.2, 0) is 0 Å². The van der Waals surface area contributed by atoms with Crippen LogP contribution in [0.3, 0.4) is 0 Å². The Morgan fingerprint density at radius 3 is 3.25 bits per heavy atom. The zero-order valence-corrected chi connectivity index (χ0v) is 4.41. The number of hydrogen-bond donors (Lipinski definition) is 0. The Kier molecular flexibility index (Phi) is 0.704. The summed E-state index contributed by atoms with van der Waals surface area (Å²) < 4.78 is 0. The maximum Gasteiger partial charge on any atom is 0.113 e. The van der Waals surface area contributed by atoms with Crippen molar-refractivity contribution in [3.05, 3.63) is 31.1 Å². The van der Waals surface area contributed by atoms with Crippen molar-refractivity contribution in [3.63, 3.8) is 0 Å². The number of hydrogen-bond acceptors (Lipinski definition) is 2. The van der Waals surface area contributed by atoms with Crippen LogP contribution < -0.4 is 0 Å². The summed E-state index contributed by atoms with van der Waals surface area (Å²) in [7, 11) is 0. The van der Waals surface area contributed by atoms with E-state index in [-0.39, 0.29) is 0 Å². The molecule has 0 atom stereocenters. The molecule has 2 heteroatoms. The Labute approximate surface area is 48.7 Å². The van der Waals surface area contributed by atoms with Crippen molar-refractivity contribution in [2.75, 3.05) is 6.54 Å². The van der Waals surface area contributed by atoms with Crippen molar-refractivity contribution in [3.8, 4) is 0 Å². The van der Waals surface area contributed by atoms with Crippen molar-refractivity contribution < 1.29 is 0 Å². The summed E-state index contributed by atoms with van der Waals surface area (Å²) in [5.41, 5.74) is 0. The molecule has 2 aliphatic rings. The van der Waals surface area contributed by atoms with Gasteiger partial charge in [0.25, 0.3) is 0 Å². The first-order valence-corrected chi connectivity index (χ1v) is 2.62. The van der Waals surface area contributed by atoms with Crippen molar-refractivity contribution in [1.29, 1.82) is 0 Å². The van der Waals surface area contributed by atoms with E-state index in [1.54, 1.807) is 0 Å². The van der Waals surface area contributed by atoms with Gasteiger partial charge in [-0.2, -0.15) is 5.01 Å². The molecule has 0 bridgehead atoms. The zero-order valence-electron chi connectivity index (χ0n) is 4.41. The van der Waals surface area contributed by atoms with Gasteiger partial charge in [-0.1, -0.05) is 6.08 Å². The highest BCUT2D eigenvalue weighted by molar-refractivity contribution is 5.10. The largest absolute Gasteiger partial charge is 0.288 e. The van der Waals surface area contributed by atoms with Gasteiger partial charge in [0.05, 0.1) is 0 Å². The van der Waals surface area contributed by atoms with Crippen LogP contribution in [-0.4, -0.2) is 16.6 Å². The van der Waals surface area contributed by atoms with Gasteiger partial charge in [-0.15, -0.1) is 0 Å². The van der Waals surface area contributed by atoms with Crippen LogP contribution in [0.15, 0.2) is 24.6 Å². The molecule has 0 aromatic rings. The van der Waals surface area contributed by atoms with Crippen LogP contribution in [0.1, 0.15) is 0 Å². The molecule has 0 spiro atoms. The monoisotopic (exact) mass is 106 g/mol. The maximum absolute atomic E-state index is 3.03. The SMILES string of the molecule is [C]1C=CN2C=CCN12. The summed E-state index contributed by atoms with van der Waals surface area (Å²) in [6.07, 6.45) is 8.00. The molecule has 0 saturated carbocycles. The highest BCUT2D eigenvalue weighted by Gasteiger charge is 2.16. The third kappa shape index (κ3) is 0.406. The minimum absolute atomic E-state index is 0.965. The molecule has 0 N–H and O–H groups in total. The highest BCUT2D eigenvalue weighted by atomic mass is 15.6. The van der Waals surface area contributed by atoms with E-state index in [1.165, 1.54) is 0 Å². The van der Waals surface area contributed by atoms with E-state index in [9.17, 15) is 0 Å². The molecule has 2 heterocycles. The van der Waals surface area contributed by atoms with Gasteiger partial charge in [0.15, 0.2) is 0 Å². The first-order chi connectivity index (χ1) is 3.97. The van der Waals surface area contributed by atoms with Gasteiger partial charge in [0.2, 0.25) is 0 Å². The molecular weight excluding hydrogens is 100 g/mol. The Morgan fingerprint density at radius 1 is 1.38 bits per heavy atom. The first-order valence-electron chi connectivity index (χ1n) is 2.62. The summed E-state index contributed by atoms with van der Waals surface area (Å²) in [5.74, 6) is 0. The van der Waals surface area contributed by atoms with Crippen LogP contribution in [0.2, 0.25) is 0 Å². The van der Waals surface area contributed by atoms with Gasteiger partial charge >= 0.3 is 0 Å². The number of rotatable bonds is 0. The molecule has 0 aromatic heterocycles. The van der Waals surface area contributed by atoms with Gasteiger partial charge in [-0.3, -0.25) is 5.01 Å². The molecule has 0 saturated heterocycles. The molecule has 0 aromatic carbocycles. The fourth-order valence-corrected chi connectivity index (χ4v) is 0.875. The lowest BCUT2D eigenvalue weighted by Crippen LogP contribution is -2.23. The van der Waals surface area contributed by atoms with Crippen LogP contribution >= 0.6 is 0 Å². The molecular formula is C6H6N2. The molecule has 0 aliphatic carbocycles. The predicted octanol–water partition coefficient (Wildman–Crippen LogP) is 0.599. The van der Waals surface area contributed by atoms with Gasteiger partial charge in [0, 0.05) is 18.9 Å². The number of fused-ring (bicyclic) bond motifs is 1. The molecule has 2 nitrogen and oxygen atoms in total. The Balaban J connectivity index is 2.22. The lowest BCUT2D eigenvalue weighted by molar-refractivity contribution is 0.172. The Hall–Kier alpha value is -0.760. The van der Waals surface area contributed by atoms with E-state index in [0.717, 1.165) is 6.54 Å².